The van der Waals surface area contributed by atoms with E-state index in [1.54, 1.807) is 23.5 Å². The van der Waals surface area contributed by atoms with Crippen molar-refractivity contribution < 1.29 is 19.4 Å². The van der Waals surface area contributed by atoms with Crippen molar-refractivity contribution in [3.8, 4) is 0 Å². The highest BCUT2D eigenvalue weighted by atomic mass is 32.1. The molecular weight excluding hydrogens is 326 g/mol. The lowest BCUT2D eigenvalue weighted by Gasteiger charge is -2.27. The van der Waals surface area contributed by atoms with Crippen LogP contribution in [0.2, 0.25) is 0 Å². The summed E-state index contributed by atoms with van der Waals surface area (Å²) in [7, 11) is 0. The van der Waals surface area contributed by atoms with E-state index in [2.05, 4.69) is 0 Å². The molecule has 0 fully saturated rings. The molecule has 0 unspecified atom stereocenters. The summed E-state index contributed by atoms with van der Waals surface area (Å²) in [6.45, 7) is 5.90. The van der Waals surface area contributed by atoms with Crippen molar-refractivity contribution in [3.05, 3.63) is 52.2 Å². The van der Waals surface area contributed by atoms with Gasteiger partial charge in [-0.3, -0.25) is 4.90 Å². The number of anilines is 1. The third kappa shape index (κ3) is 5.09. The van der Waals surface area contributed by atoms with Gasteiger partial charge in [-0.15, -0.1) is 0 Å². The number of hydrogen-bond acceptors (Lipinski definition) is 4. The first-order valence-electron chi connectivity index (χ1n) is 7.61. The van der Waals surface area contributed by atoms with Crippen molar-refractivity contribution in [1.29, 1.82) is 0 Å². The zero-order valence-electron chi connectivity index (χ0n) is 14.0. The average Bonchev–Trinajstić information content (AvgIpc) is 2.99. The van der Waals surface area contributed by atoms with Gasteiger partial charge in [0.05, 0.1) is 5.56 Å². The number of benzene rings is 1. The van der Waals surface area contributed by atoms with Crippen LogP contribution in [-0.2, 0) is 11.2 Å². The van der Waals surface area contributed by atoms with Crippen LogP contribution in [0.3, 0.4) is 0 Å². The van der Waals surface area contributed by atoms with Gasteiger partial charge >= 0.3 is 12.1 Å². The fourth-order valence-electron chi connectivity index (χ4n) is 2.10. The Balaban J connectivity index is 2.20. The van der Waals surface area contributed by atoms with Crippen molar-refractivity contribution in [2.75, 3.05) is 11.4 Å². The van der Waals surface area contributed by atoms with Crippen molar-refractivity contribution in [1.82, 2.24) is 0 Å². The van der Waals surface area contributed by atoms with Crippen molar-refractivity contribution in [2.45, 2.75) is 32.8 Å². The number of hydrogen-bond donors (Lipinski definition) is 1. The van der Waals surface area contributed by atoms with Gasteiger partial charge in [0.25, 0.3) is 0 Å². The molecule has 2 aromatic rings. The Morgan fingerprint density at radius 3 is 2.33 bits per heavy atom. The zero-order valence-corrected chi connectivity index (χ0v) is 14.8. The molecule has 0 saturated carbocycles. The van der Waals surface area contributed by atoms with Crippen LogP contribution in [0.1, 0.15) is 36.7 Å². The van der Waals surface area contributed by atoms with Crippen LogP contribution in [0.5, 0.6) is 0 Å². The summed E-state index contributed by atoms with van der Waals surface area (Å²) in [6, 6.07) is 8.24. The van der Waals surface area contributed by atoms with E-state index < -0.39 is 17.7 Å². The molecule has 128 valence electrons. The molecule has 0 radical (unpaired) electrons. The second kappa shape index (κ2) is 7.49. The summed E-state index contributed by atoms with van der Waals surface area (Å²) in [4.78, 5) is 25.0. The highest BCUT2D eigenvalue weighted by Crippen LogP contribution is 2.20. The Morgan fingerprint density at radius 2 is 1.83 bits per heavy atom. The molecule has 5 nitrogen and oxygen atoms in total. The van der Waals surface area contributed by atoms with E-state index in [9.17, 15) is 9.59 Å². The van der Waals surface area contributed by atoms with Gasteiger partial charge in [-0.1, -0.05) is 0 Å². The molecular formula is C18H21NO4S. The number of ether oxygens (including phenoxy) is 1. The number of carbonyl (C=O) groups is 2. The SMILES string of the molecule is CC(C)(C)OC(=O)N(CCc1ccsc1)c1ccc(C(=O)O)cc1. The quantitative estimate of drug-likeness (QED) is 0.869. The highest BCUT2D eigenvalue weighted by Gasteiger charge is 2.23. The lowest BCUT2D eigenvalue weighted by Crippen LogP contribution is -2.38. The van der Waals surface area contributed by atoms with Gasteiger partial charge < -0.3 is 9.84 Å². The van der Waals surface area contributed by atoms with Gasteiger partial charge in [-0.05, 0) is 73.8 Å². The van der Waals surface area contributed by atoms with Crippen molar-refractivity contribution >= 4 is 29.1 Å². The van der Waals surface area contributed by atoms with Gasteiger partial charge in [0, 0.05) is 12.2 Å². The summed E-state index contributed by atoms with van der Waals surface area (Å²) in [5.41, 5.74) is 1.35. The minimum Gasteiger partial charge on any atom is -0.478 e. The molecule has 2 rings (SSSR count). The number of aromatic carboxylic acids is 1. The van der Waals surface area contributed by atoms with Gasteiger partial charge in [0.1, 0.15) is 5.60 Å². The molecule has 1 N–H and O–H groups in total. The Bertz CT molecular complexity index is 687. The first-order valence-corrected chi connectivity index (χ1v) is 8.55. The molecule has 1 amide bonds. The Kier molecular flexibility index (Phi) is 5.62. The minimum atomic E-state index is -0.997. The average molecular weight is 347 g/mol. The summed E-state index contributed by atoms with van der Waals surface area (Å²) in [6.07, 6.45) is 0.254. The van der Waals surface area contributed by atoms with E-state index in [0.29, 0.717) is 18.7 Å². The van der Waals surface area contributed by atoms with Crippen molar-refractivity contribution in [2.24, 2.45) is 0 Å². The van der Waals surface area contributed by atoms with Crippen molar-refractivity contribution in [3.63, 3.8) is 0 Å². The number of carboxylic acids is 1. The van der Waals surface area contributed by atoms with Gasteiger partial charge in [0.15, 0.2) is 0 Å². The van der Waals surface area contributed by atoms with Crippen LogP contribution in [-0.4, -0.2) is 29.3 Å². The molecule has 1 aromatic carbocycles. The van der Waals surface area contributed by atoms with Crippen LogP contribution < -0.4 is 4.90 Å². The molecule has 0 spiro atoms. The Labute approximate surface area is 145 Å². The maximum Gasteiger partial charge on any atom is 0.414 e. The topological polar surface area (TPSA) is 66.8 Å². The lowest BCUT2D eigenvalue weighted by molar-refractivity contribution is 0.0580. The molecule has 0 atom stereocenters. The third-order valence-corrected chi connectivity index (χ3v) is 3.98. The van der Waals surface area contributed by atoms with Gasteiger partial charge in [-0.25, -0.2) is 9.59 Å². The standard InChI is InChI=1S/C18H21NO4S/c1-18(2,3)23-17(22)19(10-8-13-9-11-24-12-13)15-6-4-14(5-7-15)16(20)21/h4-7,9,11-12H,8,10H2,1-3H3,(H,20,21). The molecule has 0 aliphatic heterocycles. The first kappa shape index (κ1) is 18.0. The first-order chi connectivity index (χ1) is 11.3. The molecule has 0 saturated heterocycles. The summed E-state index contributed by atoms with van der Waals surface area (Å²) in [5.74, 6) is -0.997. The Hall–Kier alpha value is -2.34. The molecule has 0 aliphatic rings. The third-order valence-electron chi connectivity index (χ3n) is 3.24. The fraction of sp³-hybridized carbons (Fsp3) is 0.333. The zero-order chi connectivity index (χ0) is 17.7. The van der Waals surface area contributed by atoms with Gasteiger partial charge in [-0.2, -0.15) is 11.3 Å². The molecule has 1 heterocycles. The predicted octanol–water partition coefficient (Wildman–Crippen LogP) is 4.43. The lowest BCUT2D eigenvalue weighted by atomic mass is 10.1. The van der Waals surface area contributed by atoms with E-state index in [-0.39, 0.29) is 5.56 Å². The summed E-state index contributed by atoms with van der Waals surface area (Å²) >= 11 is 1.61. The maximum absolute atomic E-state index is 12.5. The highest BCUT2D eigenvalue weighted by molar-refractivity contribution is 7.07. The summed E-state index contributed by atoms with van der Waals surface area (Å²) in [5, 5.41) is 13.0. The molecule has 6 heteroatoms. The van der Waals surface area contributed by atoms with Gasteiger partial charge in [0.2, 0.25) is 0 Å². The van der Waals surface area contributed by atoms with Crippen LogP contribution in [0, 0.1) is 0 Å². The number of rotatable bonds is 5. The molecule has 24 heavy (non-hydrogen) atoms. The van der Waals surface area contributed by atoms with E-state index in [1.807, 2.05) is 37.6 Å². The normalized spacial score (nSPS) is 11.1. The van der Waals surface area contributed by atoms with Crippen LogP contribution in [0.15, 0.2) is 41.1 Å². The van der Waals surface area contributed by atoms with Crippen LogP contribution in [0.25, 0.3) is 0 Å². The number of carbonyl (C=O) groups excluding carboxylic acids is 1. The van der Waals surface area contributed by atoms with Crippen LogP contribution >= 0.6 is 11.3 Å². The number of amides is 1. The number of nitrogens with zero attached hydrogens (tertiary/aromatic N) is 1. The van der Waals surface area contributed by atoms with E-state index in [1.165, 1.54) is 17.0 Å². The smallest absolute Gasteiger partial charge is 0.414 e. The number of thiophene rings is 1. The largest absolute Gasteiger partial charge is 0.478 e. The number of carboxylic acid groups (broad SMARTS) is 1. The summed E-state index contributed by atoms with van der Waals surface area (Å²) < 4.78 is 5.48. The molecule has 0 aliphatic carbocycles. The fourth-order valence-corrected chi connectivity index (χ4v) is 2.81. The maximum atomic E-state index is 12.5. The predicted molar refractivity (Wildman–Crippen MR) is 95.0 cm³/mol. The molecule has 1 aromatic heterocycles. The monoisotopic (exact) mass is 347 g/mol. The minimum absolute atomic E-state index is 0.181. The second-order valence-electron chi connectivity index (χ2n) is 6.37. The second-order valence-corrected chi connectivity index (χ2v) is 7.15. The van der Waals surface area contributed by atoms with Crippen LogP contribution in [0.4, 0.5) is 10.5 Å². The Morgan fingerprint density at radius 1 is 1.17 bits per heavy atom. The van der Waals surface area contributed by atoms with E-state index >= 15 is 0 Å². The van der Waals surface area contributed by atoms with E-state index in [4.69, 9.17) is 9.84 Å². The molecule has 0 bridgehead atoms. The van der Waals surface area contributed by atoms with E-state index in [0.717, 1.165) is 5.56 Å².